The number of rotatable bonds is 6. The van der Waals surface area contributed by atoms with Crippen LogP contribution in [0.3, 0.4) is 0 Å². The molecule has 0 heterocycles. The predicted octanol–water partition coefficient (Wildman–Crippen LogP) is 1.33. The van der Waals surface area contributed by atoms with Crippen LogP contribution in [0, 0.1) is 0 Å². The lowest BCUT2D eigenvalue weighted by Gasteiger charge is -2.24. The van der Waals surface area contributed by atoms with Gasteiger partial charge < -0.3 is 9.64 Å². The molecule has 6 nitrogen and oxygen atoms in total. The lowest BCUT2D eigenvalue weighted by molar-refractivity contribution is -0.127. The summed E-state index contributed by atoms with van der Waals surface area (Å²) in [5.41, 5.74) is 0.408. The smallest absolute Gasteiger partial charge is 0.242 e. The fourth-order valence-corrected chi connectivity index (χ4v) is 2.49. The molecule has 0 spiro atoms. The Morgan fingerprint density at radius 2 is 1.90 bits per heavy atom. The van der Waals surface area contributed by atoms with Crippen LogP contribution < -0.4 is 9.04 Å². The Labute approximate surface area is 126 Å². The average Bonchev–Trinajstić information content (AvgIpc) is 2.33. The van der Waals surface area contributed by atoms with Gasteiger partial charge in [0.05, 0.1) is 18.0 Å². The minimum absolute atomic E-state index is 0.0182. The Morgan fingerprint density at radius 1 is 1.29 bits per heavy atom. The standard InChI is InChI=1S/C14H22N2O4S/c1-11(2)20-13-8-6-7-12(9-13)16(21(5,18)19)10-14(17)15(3)4/h6-9,11H,10H2,1-5H3. The van der Waals surface area contributed by atoms with E-state index in [0.29, 0.717) is 11.4 Å². The molecule has 0 aliphatic heterocycles. The van der Waals surface area contributed by atoms with E-state index in [1.54, 1.807) is 38.4 Å². The summed E-state index contributed by atoms with van der Waals surface area (Å²) in [5, 5.41) is 0. The fraction of sp³-hybridized carbons (Fsp3) is 0.500. The molecular formula is C14H22N2O4S. The van der Waals surface area contributed by atoms with Gasteiger partial charge >= 0.3 is 0 Å². The molecule has 0 aromatic heterocycles. The number of sulfonamides is 1. The first-order chi connectivity index (χ1) is 9.61. The molecule has 0 aliphatic rings. The van der Waals surface area contributed by atoms with Crippen LogP contribution in [0.15, 0.2) is 24.3 Å². The van der Waals surface area contributed by atoms with Gasteiger partial charge in [-0.05, 0) is 26.0 Å². The van der Waals surface area contributed by atoms with E-state index in [-0.39, 0.29) is 18.6 Å². The molecule has 0 unspecified atom stereocenters. The number of nitrogens with zero attached hydrogens (tertiary/aromatic N) is 2. The van der Waals surface area contributed by atoms with Crippen molar-refractivity contribution in [3.05, 3.63) is 24.3 Å². The van der Waals surface area contributed by atoms with Gasteiger partial charge in [-0.1, -0.05) is 6.07 Å². The Balaban J connectivity index is 3.12. The first-order valence-corrected chi connectivity index (χ1v) is 8.40. The van der Waals surface area contributed by atoms with E-state index in [2.05, 4.69) is 0 Å². The zero-order valence-electron chi connectivity index (χ0n) is 13.0. The highest BCUT2D eigenvalue weighted by Gasteiger charge is 2.22. The molecule has 0 saturated carbocycles. The molecule has 7 heteroatoms. The number of hydrogen-bond donors (Lipinski definition) is 0. The summed E-state index contributed by atoms with van der Waals surface area (Å²) in [7, 11) is -0.393. The summed E-state index contributed by atoms with van der Waals surface area (Å²) in [6.45, 7) is 3.53. The number of carbonyl (C=O) groups excluding carboxylic acids is 1. The van der Waals surface area contributed by atoms with E-state index in [1.165, 1.54) is 4.90 Å². The second-order valence-corrected chi connectivity index (χ2v) is 7.13. The van der Waals surface area contributed by atoms with Gasteiger partial charge in [0, 0.05) is 20.2 Å². The monoisotopic (exact) mass is 314 g/mol. The summed E-state index contributed by atoms with van der Waals surface area (Å²) in [4.78, 5) is 13.2. The number of hydrogen-bond acceptors (Lipinski definition) is 4. The van der Waals surface area contributed by atoms with Crippen molar-refractivity contribution in [2.24, 2.45) is 0 Å². The minimum atomic E-state index is -3.56. The second-order valence-electron chi connectivity index (χ2n) is 5.22. The van der Waals surface area contributed by atoms with Gasteiger partial charge in [0.15, 0.2) is 0 Å². The zero-order valence-corrected chi connectivity index (χ0v) is 13.8. The Kier molecular flexibility index (Phi) is 5.60. The van der Waals surface area contributed by atoms with Gasteiger partial charge in [-0.15, -0.1) is 0 Å². The third kappa shape index (κ3) is 5.26. The van der Waals surface area contributed by atoms with Crippen LogP contribution in [-0.4, -0.2) is 52.2 Å². The fourth-order valence-electron chi connectivity index (χ4n) is 1.65. The van der Waals surface area contributed by atoms with Crippen LogP contribution in [0.2, 0.25) is 0 Å². The lowest BCUT2D eigenvalue weighted by Crippen LogP contribution is -2.39. The van der Waals surface area contributed by atoms with Crippen LogP contribution >= 0.6 is 0 Å². The Bertz CT molecular complexity index is 597. The highest BCUT2D eigenvalue weighted by Crippen LogP contribution is 2.24. The summed E-state index contributed by atoms with van der Waals surface area (Å²) in [5.74, 6) is 0.268. The van der Waals surface area contributed by atoms with E-state index in [4.69, 9.17) is 4.74 Å². The van der Waals surface area contributed by atoms with Crippen molar-refractivity contribution in [2.45, 2.75) is 20.0 Å². The van der Waals surface area contributed by atoms with Gasteiger partial charge in [0.25, 0.3) is 0 Å². The largest absolute Gasteiger partial charge is 0.491 e. The van der Waals surface area contributed by atoms with Gasteiger partial charge in [0.2, 0.25) is 15.9 Å². The molecular weight excluding hydrogens is 292 g/mol. The maximum absolute atomic E-state index is 11.9. The molecule has 0 fully saturated rings. The number of benzene rings is 1. The van der Waals surface area contributed by atoms with Crippen molar-refractivity contribution in [2.75, 3.05) is 31.2 Å². The quantitative estimate of drug-likeness (QED) is 0.794. The Morgan fingerprint density at radius 3 is 2.38 bits per heavy atom. The first-order valence-electron chi connectivity index (χ1n) is 6.56. The number of anilines is 1. The summed E-state index contributed by atoms with van der Waals surface area (Å²) < 4.78 is 30.5. The van der Waals surface area contributed by atoms with E-state index in [9.17, 15) is 13.2 Å². The molecule has 1 aromatic carbocycles. The van der Waals surface area contributed by atoms with Gasteiger partial charge in [-0.25, -0.2) is 8.42 Å². The molecule has 0 N–H and O–H groups in total. The highest BCUT2D eigenvalue weighted by molar-refractivity contribution is 7.92. The maximum Gasteiger partial charge on any atom is 0.242 e. The van der Waals surface area contributed by atoms with E-state index < -0.39 is 10.0 Å². The van der Waals surface area contributed by atoms with Crippen LogP contribution in [0.25, 0.3) is 0 Å². The van der Waals surface area contributed by atoms with Crippen LogP contribution in [0.4, 0.5) is 5.69 Å². The van der Waals surface area contributed by atoms with E-state index in [1.807, 2.05) is 13.8 Å². The van der Waals surface area contributed by atoms with Crippen molar-refractivity contribution >= 4 is 21.6 Å². The highest BCUT2D eigenvalue weighted by atomic mass is 32.2. The van der Waals surface area contributed by atoms with Crippen molar-refractivity contribution < 1.29 is 17.9 Å². The number of ether oxygens (including phenoxy) is 1. The molecule has 0 saturated heterocycles. The number of likely N-dealkylation sites (N-methyl/N-ethyl adjacent to an activating group) is 1. The SMILES string of the molecule is CC(C)Oc1cccc(N(CC(=O)N(C)C)S(C)(=O)=O)c1. The average molecular weight is 314 g/mol. The normalized spacial score (nSPS) is 11.3. The minimum Gasteiger partial charge on any atom is -0.491 e. The molecule has 0 bridgehead atoms. The molecule has 0 atom stereocenters. The van der Waals surface area contributed by atoms with Crippen molar-refractivity contribution in [3.63, 3.8) is 0 Å². The summed E-state index contributed by atoms with van der Waals surface area (Å²) in [6.07, 6.45) is 1.06. The number of amides is 1. The summed E-state index contributed by atoms with van der Waals surface area (Å²) >= 11 is 0. The lowest BCUT2D eigenvalue weighted by atomic mass is 10.3. The van der Waals surface area contributed by atoms with Gasteiger partial charge in [-0.2, -0.15) is 0 Å². The zero-order chi connectivity index (χ0) is 16.2. The third-order valence-corrected chi connectivity index (χ3v) is 3.80. The predicted molar refractivity (Wildman–Crippen MR) is 83.1 cm³/mol. The molecule has 0 aliphatic carbocycles. The molecule has 1 amide bonds. The van der Waals surface area contributed by atoms with Crippen LogP contribution in [-0.2, 0) is 14.8 Å². The van der Waals surface area contributed by atoms with Crippen molar-refractivity contribution in [1.82, 2.24) is 4.90 Å². The second kappa shape index (κ2) is 6.80. The summed E-state index contributed by atoms with van der Waals surface area (Å²) in [6, 6.07) is 6.70. The topological polar surface area (TPSA) is 66.9 Å². The maximum atomic E-state index is 11.9. The van der Waals surface area contributed by atoms with Crippen LogP contribution in [0.1, 0.15) is 13.8 Å². The van der Waals surface area contributed by atoms with Crippen molar-refractivity contribution in [1.29, 1.82) is 0 Å². The molecule has 21 heavy (non-hydrogen) atoms. The van der Waals surface area contributed by atoms with Gasteiger partial charge in [-0.3, -0.25) is 9.10 Å². The molecule has 1 aromatic rings. The van der Waals surface area contributed by atoms with E-state index >= 15 is 0 Å². The number of carbonyl (C=O) groups is 1. The van der Waals surface area contributed by atoms with Crippen molar-refractivity contribution in [3.8, 4) is 5.75 Å². The molecule has 118 valence electrons. The van der Waals surface area contributed by atoms with E-state index in [0.717, 1.165) is 10.6 Å². The van der Waals surface area contributed by atoms with Gasteiger partial charge in [0.1, 0.15) is 12.3 Å². The third-order valence-electron chi connectivity index (χ3n) is 2.66. The Hall–Kier alpha value is -1.76. The van der Waals surface area contributed by atoms with Crippen LogP contribution in [0.5, 0.6) is 5.75 Å². The first kappa shape index (κ1) is 17.3. The molecule has 1 rings (SSSR count). The molecule has 0 radical (unpaired) electrons.